The molecule has 2 atom stereocenters. The van der Waals surface area contributed by atoms with E-state index in [1.54, 1.807) is 0 Å². The molecule has 1 aliphatic rings. The summed E-state index contributed by atoms with van der Waals surface area (Å²) < 4.78 is 42.2. The Kier molecular flexibility index (Phi) is 4.04. The number of hydrogen-bond acceptors (Lipinski definition) is 2. The second-order valence-corrected chi connectivity index (χ2v) is 4.65. The van der Waals surface area contributed by atoms with Gasteiger partial charge in [0.2, 0.25) is 0 Å². The first kappa shape index (κ1) is 14.2. The fourth-order valence-electron chi connectivity index (χ4n) is 2.38. The number of alkyl halides is 3. The maximum Gasteiger partial charge on any atom is 0.391 e. The molecule has 0 saturated carbocycles. The van der Waals surface area contributed by atoms with Gasteiger partial charge in [-0.25, -0.2) is 0 Å². The van der Waals surface area contributed by atoms with Crippen molar-refractivity contribution in [3.63, 3.8) is 0 Å². The summed E-state index contributed by atoms with van der Waals surface area (Å²) in [5.41, 5.74) is 1.84. The number of anilines is 1. The highest BCUT2D eigenvalue weighted by Crippen LogP contribution is 2.47. The number of rotatable bonds is 5. The SMILES string of the molecule is CCN(CC)c1ccccc1[C@H]1O[C@@H]1CC(F)(F)F. The van der Waals surface area contributed by atoms with Crippen LogP contribution in [0.5, 0.6) is 0 Å². The van der Waals surface area contributed by atoms with E-state index >= 15 is 0 Å². The molecule has 2 nitrogen and oxygen atoms in total. The summed E-state index contributed by atoms with van der Waals surface area (Å²) in [4.78, 5) is 2.13. The number of para-hydroxylation sites is 1. The van der Waals surface area contributed by atoms with Crippen molar-refractivity contribution in [3.8, 4) is 0 Å². The molecule has 0 bridgehead atoms. The van der Waals surface area contributed by atoms with Crippen molar-refractivity contribution in [3.05, 3.63) is 29.8 Å². The van der Waals surface area contributed by atoms with E-state index < -0.39 is 24.8 Å². The molecule has 0 unspecified atom stereocenters. The van der Waals surface area contributed by atoms with Gasteiger partial charge in [-0.1, -0.05) is 18.2 Å². The maximum atomic E-state index is 12.3. The molecule has 1 saturated heterocycles. The summed E-state index contributed by atoms with van der Waals surface area (Å²) in [6.07, 6.45) is -6.18. The average Bonchev–Trinajstić information content (AvgIpc) is 3.08. The van der Waals surface area contributed by atoms with E-state index in [-0.39, 0.29) is 0 Å². The third-order valence-electron chi connectivity index (χ3n) is 3.36. The van der Waals surface area contributed by atoms with E-state index in [4.69, 9.17) is 4.74 Å². The Morgan fingerprint density at radius 2 is 1.79 bits per heavy atom. The van der Waals surface area contributed by atoms with E-state index in [0.29, 0.717) is 0 Å². The van der Waals surface area contributed by atoms with Crippen LogP contribution in [0.2, 0.25) is 0 Å². The van der Waals surface area contributed by atoms with Gasteiger partial charge in [-0.2, -0.15) is 13.2 Å². The molecule has 0 aliphatic carbocycles. The first-order valence-electron chi connectivity index (χ1n) is 6.52. The van der Waals surface area contributed by atoms with Crippen LogP contribution in [0.1, 0.15) is 31.9 Å². The first-order valence-corrected chi connectivity index (χ1v) is 6.52. The zero-order valence-corrected chi connectivity index (χ0v) is 11.1. The lowest BCUT2D eigenvalue weighted by molar-refractivity contribution is -0.137. The second kappa shape index (κ2) is 5.41. The number of benzene rings is 1. The predicted octanol–water partition coefficient (Wildman–Crippen LogP) is 3.93. The van der Waals surface area contributed by atoms with Gasteiger partial charge in [0.15, 0.2) is 0 Å². The highest BCUT2D eigenvalue weighted by molar-refractivity contribution is 5.55. The molecule has 0 N–H and O–H groups in total. The highest BCUT2D eigenvalue weighted by Gasteiger charge is 2.48. The molecule has 0 amide bonds. The van der Waals surface area contributed by atoms with Crippen molar-refractivity contribution in [2.75, 3.05) is 18.0 Å². The molecule has 1 fully saturated rings. The van der Waals surface area contributed by atoms with Gasteiger partial charge < -0.3 is 9.64 Å². The van der Waals surface area contributed by atoms with Crippen LogP contribution >= 0.6 is 0 Å². The van der Waals surface area contributed by atoms with E-state index in [2.05, 4.69) is 4.90 Å². The van der Waals surface area contributed by atoms with Crippen molar-refractivity contribution in [2.45, 2.75) is 38.7 Å². The normalized spacial score (nSPS) is 22.4. The molecule has 1 aromatic rings. The molecule has 1 aromatic carbocycles. The van der Waals surface area contributed by atoms with E-state index in [9.17, 15) is 13.2 Å². The highest BCUT2D eigenvalue weighted by atomic mass is 19.4. The molecule has 5 heteroatoms. The molecule has 2 rings (SSSR count). The Labute approximate surface area is 111 Å². The van der Waals surface area contributed by atoms with Crippen LogP contribution in [0.4, 0.5) is 18.9 Å². The Morgan fingerprint density at radius 3 is 2.37 bits per heavy atom. The lowest BCUT2D eigenvalue weighted by Crippen LogP contribution is -2.23. The summed E-state index contributed by atoms with van der Waals surface area (Å²) in [6, 6.07) is 7.54. The largest absolute Gasteiger partial charge is 0.391 e. The minimum Gasteiger partial charge on any atom is -0.372 e. The first-order chi connectivity index (χ1) is 8.96. The van der Waals surface area contributed by atoms with Gasteiger partial charge in [0.05, 0.1) is 12.5 Å². The third kappa shape index (κ3) is 3.41. The number of nitrogens with zero attached hydrogens (tertiary/aromatic N) is 1. The van der Waals surface area contributed by atoms with Gasteiger partial charge in [0.1, 0.15) is 6.10 Å². The van der Waals surface area contributed by atoms with Gasteiger partial charge in [0.25, 0.3) is 0 Å². The van der Waals surface area contributed by atoms with Crippen LogP contribution in [0.25, 0.3) is 0 Å². The summed E-state index contributed by atoms with van der Waals surface area (Å²) >= 11 is 0. The third-order valence-corrected chi connectivity index (χ3v) is 3.36. The fraction of sp³-hybridized carbons (Fsp3) is 0.571. The maximum absolute atomic E-state index is 12.3. The molecule has 19 heavy (non-hydrogen) atoms. The van der Waals surface area contributed by atoms with Gasteiger partial charge in [0, 0.05) is 24.3 Å². The average molecular weight is 273 g/mol. The van der Waals surface area contributed by atoms with Crippen LogP contribution in [-0.2, 0) is 4.74 Å². The van der Waals surface area contributed by atoms with Crippen molar-refractivity contribution < 1.29 is 17.9 Å². The van der Waals surface area contributed by atoms with Crippen molar-refractivity contribution >= 4 is 5.69 Å². The molecule has 106 valence electrons. The molecule has 0 radical (unpaired) electrons. The van der Waals surface area contributed by atoms with Crippen LogP contribution < -0.4 is 4.90 Å². The zero-order valence-electron chi connectivity index (χ0n) is 11.1. The second-order valence-electron chi connectivity index (χ2n) is 4.65. The molecular formula is C14H18F3NO. The quantitative estimate of drug-likeness (QED) is 0.756. The number of ether oxygens (including phenoxy) is 1. The molecule has 1 aliphatic heterocycles. The smallest absolute Gasteiger partial charge is 0.372 e. The predicted molar refractivity (Wildman–Crippen MR) is 68.3 cm³/mol. The standard InChI is InChI=1S/C14H18F3NO/c1-3-18(4-2)11-8-6-5-7-10(11)13-12(19-13)9-14(15,16)17/h5-8,12-13H,3-4,9H2,1-2H3/t12-,13-/m1/s1. The van der Waals surface area contributed by atoms with Crippen LogP contribution in [0, 0.1) is 0 Å². The molecule has 0 aromatic heterocycles. The van der Waals surface area contributed by atoms with E-state index in [1.165, 1.54) is 0 Å². The summed E-state index contributed by atoms with van der Waals surface area (Å²) in [6.45, 7) is 5.71. The summed E-state index contributed by atoms with van der Waals surface area (Å²) in [5.74, 6) is 0. The lowest BCUT2D eigenvalue weighted by atomic mass is 10.0. The van der Waals surface area contributed by atoms with Gasteiger partial charge in [-0.15, -0.1) is 0 Å². The Morgan fingerprint density at radius 1 is 1.16 bits per heavy atom. The molecule has 0 spiro atoms. The van der Waals surface area contributed by atoms with Crippen molar-refractivity contribution in [1.29, 1.82) is 0 Å². The van der Waals surface area contributed by atoms with Crippen LogP contribution in [-0.4, -0.2) is 25.4 Å². The molecule has 1 heterocycles. The van der Waals surface area contributed by atoms with E-state index in [1.807, 2.05) is 38.1 Å². The molecular weight excluding hydrogens is 255 g/mol. The fourth-order valence-corrected chi connectivity index (χ4v) is 2.38. The monoisotopic (exact) mass is 273 g/mol. The zero-order chi connectivity index (χ0) is 14.0. The van der Waals surface area contributed by atoms with Crippen LogP contribution in [0.15, 0.2) is 24.3 Å². The number of hydrogen-bond donors (Lipinski definition) is 0. The van der Waals surface area contributed by atoms with Gasteiger partial charge >= 0.3 is 6.18 Å². The minimum atomic E-state index is -4.16. The summed E-state index contributed by atoms with van der Waals surface area (Å²) in [5, 5.41) is 0. The van der Waals surface area contributed by atoms with Gasteiger partial charge in [-0.05, 0) is 19.9 Å². The topological polar surface area (TPSA) is 15.8 Å². The van der Waals surface area contributed by atoms with Gasteiger partial charge in [-0.3, -0.25) is 0 Å². The Balaban J connectivity index is 2.14. The van der Waals surface area contributed by atoms with E-state index in [0.717, 1.165) is 24.3 Å². The Bertz CT molecular complexity index is 429. The Hall–Kier alpha value is -1.23. The van der Waals surface area contributed by atoms with Crippen LogP contribution in [0.3, 0.4) is 0 Å². The number of epoxide rings is 1. The minimum absolute atomic E-state index is 0.418. The summed E-state index contributed by atoms with van der Waals surface area (Å²) in [7, 11) is 0. The number of halogens is 3. The lowest BCUT2D eigenvalue weighted by Gasteiger charge is -2.23. The van der Waals surface area contributed by atoms with Crippen molar-refractivity contribution in [2.24, 2.45) is 0 Å². The van der Waals surface area contributed by atoms with Crippen molar-refractivity contribution in [1.82, 2.24) is 0 Å².